The third kappa shape index (κ3) is 2.79. The summed E-state index contributed by atoms with van der Waals surface area (Å²) in [6.07, 6.45) is 1.79. The van der Waals surface area contributed by atoms with E-state index in [4.69, 9.17) is 10.5 Å². The first-order valence-corrected chi connectivity index (χ1v) is 6.40. The molecule has 2 aromatic rings. The van der Waals surface area contributed by atoms with Crippen molar-refractivity contribution >= 4 is 16.6 Å². The number of rotatable bonds is 4. The molecule has 1 aromatic heterocycles. The van der Waals surface area contributed by atoms with Crippen molar-refractivity contribution in [3.05, 3.63) is 30.5 Å². The zero-order valence-corrected chi connectivity index (χ0v) is 11.9. The van der Waals surface area contributed by atoms with E-state index in [-0.39, 0.29) is 11.6 Å². The highest BCUT2D eigenvalue weighted by Gasteiger charge is 2.23. The highest BCUT2D eigenvalue weighted by Crippen LogP contribution is 2.27. The number of pyridine rings is 1. The largest absolute Gasteiger partial charge is 0.497 e. The summed E-state index contributed by atoms with van der Waals surface area (Å²) in [6.45, 7) is 6.13. The predicted octanol–water partition coefficient (Wildman–Crippen LogP) is 2.78. The maximum absolute atomic E-state index is 6.00. The molecule has 1 heterocycles. The minimum atomic E-state index is -0.221. The number of aromatic nitrogens is 1. The molecule has 19 heavy (non-hydrogen) atoms. The fourth-order valence-corrected chi connectivity index (χ4v) is 1.80. The maximum atomic E-state index is 6.00. The molecule has 0 aliphatic rings. The van der Waals surface area contributed by atoms with Crippen LogP contribution in [0.3, 0.4) is 0 Å². The second kappa shape index (κ2) is 5.05. The summed E-state index contributed by atoms with van der Waals surface area (Å²) >= 11 is 0. The van der Waals surface area contributed by atoms with Crippen LogP contribution in [0.25, 0.3) is 10.8 Å². The molecule has 0 spiro atoms. The number of hydrogen-bond donors (Lipinski definition) is 2. The van der Waals surface area contributed by atoms with E-state index in [0.717, 1.165) is 22.3 Å². The normalized spacial score (nSPS) is 13.3. The lowest BCUT2D eigenvalue weighted by atomic mass is 9.96. The van der Waals surface area contributed by atoms with Gasteiger partial charge in [-0.05, 0) is 50.4 Å². The van der Waals surface area contributed by atoms with E-state index in [2.05, 4.69) is 24.1 Å². The zero-order chi connectivity index (χ0) is 14.0. The Morgan fingerprint density at radius 1 is 1.32 bits per heavy atom. The van der Waals surface area contributed by atoms with Gasteiger partial charge in [0.05, 0.1) is 7.11 Å². The van der Waals surface area contributed by atoms with Crippen molar-refractivity contribution in [1.29, 1.82) is 0 Å². The van der Waals surface area contributed by atoms with E-state index in [1.54, 1.807) is 13.3 Å². The molecule has 4 nitrogen and oxygen atoms in total. The summed E-state index contributed by atoms with van der Waals surface area (Å²) in [7, 11) is 1.67. The van der Waals surface area contributed by atoms with Gasteiger partial charge in [-0.1, -0.05) is 0 Å². The molecule has 0 saturated carbocycles. The van der Waals surface area contributed by atoms with Gasteiger partial charge in [0.25, 0.3) is 0 Å². The number of nitrogens with one attached hydrogen (secondary N) is 1. The SMILES string of the molecule is COc1ccc2c(NC(C)(C)C(C)N)nccc2c1. The number of methoxy groups -OCH3 is 1. The van der Waals surface area contributed by atoms with Gasteiger partial charge in [-0.15, -0.1) is 0 Å². The molecule has 0 amide bonds. The van der Waals surface area contributed by atoms with Crippen LogP contribution in [-0.2, 0) is 0 Å². The molecular weight excluding hydrogens is 238 g/mol. The van der Waals surface area contributed by atoms with Gasteiger partial charge in [0.1, 0.15) is 11.6 Å². The smallest absolute Gasteiger partial charge is 0.134 e. The third-order valence-electron chi connectivity index (χ3n) is 3.55. The molecule has 0 fully saturated rings. The molecule has 1 aromatic carbocycles. The molecule has 0 aliphatic heterocycles. The van der Waals surface area contributed by atoms with Crippen LogP contribution in [0.5, 0.6) is 5.75 Å². The highest BCUT2D eigenvalue weighted by atomic mass is 16.5. The predicted molar refractivity (Wildman–Crippen MR) is 79.6 cm³/mol. The number of anilines is 1. The Balaban J connectivity index is 2.44. The number of hydrogen-bond acceptors (Lipinski definition) is 4. The average molecular weight is 259 g/mol. The van der Waals surface area contributed by atoms with Gasteiger partial charge in [0.2, 0.25) is 0 Å². The number of nitrogens with two attached hydrogens (primary N) is 1. The van der Waals surface area contributed by atoms with Crippen molar-refractivity contribution in [1.82, 2.24) is 4.98 Å². The van der Waals surface area contributed by atoms with E-state index >= 15 is 0 Å². The van der Waals surface area contributed by atoms with E-state index in [1.807, 2.05) is 31.2 Å². The van der Waals surface area contributed by atoms with Crippen LogP contribution < -0.4 is 15.8 Å². The van der Waals surface area contributed by atoms with Crippen molar-refractivity contribution in [2.75, 3.05) is 12.4 Å². The Bertz CT molecular complexity index is 579. The molecule has 0 saturated heterocycles. The van der Waals surface area contributed by atoms with Crippen LogP contribution in [0.15, 0.2) is 30.5 Å². The van der Waals surface area contributed by atoms with Crippen LogP contribution in [-0.4, -0.2) is 23.7 Å². The van der Waals surface area contributed by atoms with Crippen LogP contribution in [0.2, 0.25) is 0 Å². The molecule has 4 heteroatoms. The number of benzene rings is 1. The molecule has 102 valence electrons. The summed E-state index contributed by atoms with van der Waals surface area (Å²) in [5, 5.41) is 5.58. The minimum absolute atomic E-state index is 0.0165. The van der Waals surface area contributed by atoms with Gasteiger partial charge in [0.15, 0.2) is 0 Å². The van der Waals surface area contributed by atoms with Crippen LogP contribution in [0, 0.1) is 0 Å². The number of nitrogens with zero attached hydrogens (tertiary/aromatic N) is 1. The van der Waals surface area contributed by atoms with Gasteiger partial charge >= 0.3 is 0 Å². The summed E-state index contributed by atoms with van der Waals surface area (Å²) in [6, 6.07) is 7.94. The summed E-state index contributed by atoms with van der Waals surface area (Å²) in [5.74, 6) is 1.69. The zero-order valence-electron chi connectivity index (χ0n) is 11.9. The third-order valence-corrected chi connectivity index (χ3v) is 3.55. The quantitative estimate of drug-likeness (QED) is 0.886. The Kier molecular flexibility index (Phi) is 3.62. The van der Waals surface area contributed by atoms with Gasteiger partial charge in [-0.3, -0.25) is 0 Å². The minimum Gasteiger partial charge on any atom is -0.497 e. The van der Waals surface area contributed by atoms with Crippen molar-refractivity contribution in [2.24, 2.45) is 5.73 Å². The number of ether oxygens (including phenoxy) is 1. The first-order chi connectivity index (χ1) is 8.94. The Hall–Kier alpha value is -1.81. The summed E-state index contributed by atoms with van der Waals surface area (Å²) in [4.78, 5) is 4.42. The van der Waals surface area contributed by atoms with E-state index in [1.165, 1.54) is 0 Å². The van der Waals surface area contributed by atoms with Crippen molar-refractivity contribution in [3.63, 3.8) is 0 Å². The summed E-state index contributed by atoms with van der Waals surface area (Å²) < 4.78 is 5.24. The van der Waals surface area contributed by atoms with Gasteiger partial charge < -0.3 is 15.8 Å². The molecule has 0 aliphatic carbocycles. The molecule has 3 N–H and O–H groups in total. The van der Waals surface area contributed by atoms with Crippen molar-refractivity contribution in [3.8, 4) is 5.75 Å². The molecule has 1 atom stereocenters. The molecule has 1 unspecified atom stereocenters. The van der Waals surface area contributed by atoms with E-state index in [9.17, 15) is 0 Å². The van der Waals surface area contributed by atoms with E-state index in [0.29, 0.717) is 0 Å². The molecule has 0 bridgehead atoms. The molecular formula is C15H21N3O. The van der Waals surface area contributed by atoms with Crippen LogP contribution in [0.1, 0.15) is 20.8 Å². The Morgan fingerprint density at radius 2 is 2.05 bits per heavy atom. The second-order valence-electron chi connectivity index (χ2n) is 5.38. The van der Waals surface area contributed by atoms with Crippen LogP contribution >= 0.6 is 0 Å². The standard InChI is InChI=1S/C15H21N3O/c1-10(16)15(2,3)18-14-13-6-5-12(19-4)9-11(13)7-8-17-14/h5-10H,16H2,1-4H3,(H,17,18). The lowest BCUT2D eigenvalue weighted by molar-refractivity contribution is 0.415. The van der Waals surface area contributed by atoms with Crippen molar-refractivity contribution in [2.45, 2.75) is 32.4 Å². The Morgan fingerprint density at radius 3 is 2.68 bits per heavy atom. The Labute approximate surface area is 114 Å². The van der Waals surface area contributed by atoms with Gasteiger partial charge in [-0.2, -0.15) is 0 Å². The monoisotopic (exact) mass is 259 g/mol. The van der Waals surface area contributed by atoms with Gasteiger partial charge in [0, 0.05) is 23.2 Å². The van der Waals surface area contributed by atoms with Crippen molar-refractivity contribution < 1.29 is 4.74 Å². The summed E-state index contributed by atoms with van der Waals surface area (Å²) in [5.41, 5.74) is 5.78. The molecule has 0 radical (unpaired) electrons. The van der Waals surface area contributed by atoms with Crippen LogP contribution in [0.4, 0.5) is 5.82 Å². The lowest BCUT2D eigenvalue weighted by Crippen LogP contribution is -2.47. The average Bonchev–Trinajstić information content (AvgIpc) is 2.38. The molecule has 2 rings (SSSR count). The topological polar surface area (TPSA) is 60.2 Å². The maximum Gasteiger partial charge on any atom is 0.134 e. The fraction of sp³-hybridized carbons (Fsp3) is 0.400. The first-order valence-electron chi connectivity index (χ1n) is 6.40. The highest BCUT2D eigenvalue weighted by molar-refractivity contribution is 5.92. The fourth-order valence-electron chi connectivity index (χ4n) is 1.80. The lowest BCUT2D eigenvalue weighted by Gasteiger charge is -2.31. The first kappa shape index (κ1) is 13.6. The second-order valence-corrected chi connectivity index (χ2v) is 5.38. The van der Waals surface area contributed by atoms with Gasteiger partial charge in [-0.25, -0.2) is 4.98 Å². The van der Waals surface area contributed by atoms with E-state index < -0.39 is 0 Å². The number of fused-ring (bicyclic) bond motifs is 1.